The fraction of sp³-hybridized carbons (Fsp3) is 0.174. The number of nitrogens with zero attached hydrogens (tertiary/aromatic N) is 5. The molecule has 7 nitrogen and oxygen atoms in total. The summed E-state index contributed by atoms with van der Waals surface area (Å²) in [5.41, 5.74) is 4.60. The van der Waals surface area contributed by atoms with Gasteiger partial charge in [-0.25, -0.2) is 4.98 Å². The maximum absolute atomic E-state index is 12.9. The number of hydrogen-bond donors (Lipinski definition) is 1. The molecule has 148 valence electrons. The second-order valence-corrected chi connectivity index (χ2v) is 7.45. The zero-order valence-corrected chi connectivity index (χ0v) is 16.5. The molecule has 0 radical (unpaired) electrons. The summed E-state index contributed by atoms with van der Waals surface area (Å²) in [5.74, 6) is 0.561. The van der Waals surface area contributed by atoms with Crippen molar-refractivity contribution in [1.29, 1.82) is 0 Å². The number of nitrogens with one attached hydrogen (secondary N) is 1. The fourth-order valence-electron chi connectivity index (χ4n) is 3.49. The molecule has 1 aliphatic carbocycles. The molecule has 5 rings (SSSR count). The largest absolute Gasteiger partial charge is 0.321 e. The van der Waals surface area contributed by atoms with Gasteiger partial charge >= 0.3 is 0 Å². The van der Waals surface area contributed by atoms with Gasteiger partial charge in [-0.05, 0) is 55.7 Å². The van der Waals surface area contributed by atoms with Gasteiger partial charge in [0.1, 0.15) is 12.0 Å². The lowest BCUT2D eigenvalue weighted by Crippen LogP contribution is -2.14. The van der Waals surface area contributed by atoms with E-state index >= 15 is 0 Å². The van der Waals surface area contributed by atoms with Crippen LogP contribution in [0.25, 0.3) is 22.5 Å². The smallest absolute Gasteiger partial charge is 0.274 e. The van der Waals surface area contributed by atoms with Crippen molar-refractivity contribution in [2.45, 2.75) is 25.8 Å². The topological polar surface area (TPSA) is 85.6 Å². The first-order valence-corrected chi connectivity index (χ1v) is 9.88. The lowest BCUT2D eigenvalue weighted by Gasteiger charge is -2.10. The van der Waals surface area contributed by atoms with E-state index in [1.54, 1.807) is 24.8 Å². The maximum atomic E-state index is 12.9. The summed E-state index contributed by atoms with van der Waals surface area (Å²) >= 11 is 0. The van der Waals surface area contributed by atoms with Crippen LogP contribution < -0.4 is 5.32 Å². The molecule has 1 N–H and O–H groups in total. The number of aryl methyl sites for hydroxylation is 1. The van der Waals surface area contributed by atoms with Crippen LogP contribution in [0.15, 0.2) is 67.3 Å². The normalized spacial score (nSPS) is 13.2. The summed E-state index contributed by atoms with van der Waals surface area (Å²) in [6.07, 6.45) is 7.58. The number of anilines is 1. The van der Waals surface area contributed by atoms with E-state index in [-0.39, 0.29) is 5.91 Å². The van der Waals surface area contributed by atoms with Gasteiger partial charge in [-0.15, -0.1) is 10.2 Å². The van der Waals surface area contributed by atoms with Crippen molar-refractivity contribution < 1.29 is 4.79 Å². The number of carbonyl (C=O) groups excluding carboxylic acids is 1. The van der Waals surface area contributed by atoms with Gasteiger partial charge in [0.15, 0.2) is 5.82 Å². The Hall–Kier alpha value is -3.87. The van der Waals surface area contributed by atoms with Gasteiger partial charge in [0.25, 0.3) is 5.91 Å². The lowest BCUT2D eigenvalue weighted by molar-refractivity contribution is 0.102. The van der Waals surface area contributed by atoms with Crippen molar-refractivity contribution in [3.05, 3.63) is 78.6 Å². The Balaban J connectivity index is 1.41. The Morgan fingerprint density at radius 3 is 2.73 bits per heavy atom. The van der Waals surface area contributed by atoms with Gasteiger partial charge in [-0.3, -0.25) is 9.78 Å². The number of carbonyl (C=O) groups is 1. The monoisotopic (exact) mass is 396 g/mol. The van der Waals surface area contributed by atoms with Crippen molar-refractivity contribution in [2.24, 2.45) is 0 Å². The summed E-state index contributed by atoms with van der Waals surface area (Å²) in [5, 5.41) is 11.3. The van der Waals surface area contributed by atoms with Crippen LogP contribution in [0.3, 0.4) is 0 Å². The molecular formula is C23H20N6O. The van der Waals surface area contributed by atoms with Crippen LogP contribution in [0.2, 0.25) is 0 Å². The minimum Gasteiger partial charge on any atom is -0.321 e. The predicted octanol–water partition coefficient (Wildman–Crippen LogP) is 4.30. The average molecular weight is 396 g/mol. The van der Waals surface area contributed by atoms with Gasteiger partial charge in [-0.1, -0.05) is 18.2 Å². The molecule has 4 aromatic rings. The number of benzene rings is 1. The van der Waals surface area contributed by atoms with Crippen LogP contribution in [0, 0.1) is 6.92 Å². The van der Waals surface area contributed by atoms with Crippen molar-refractivity contribution >= 4 is 11.6 Å². The summed E-state index contributed by atoms with van der Waals surface area (Å²) in [7, 11) is 0. The Morgan fingerprint density at radius 1 is 1.07 bits per heavy atom. The molecular weight excluding hydrogens is 376 g/mol. The van der Waals surface area contributed by atoms with Gasteiger partial charge in [0, 0.05) is 40.9 Å². The third kappa shape index (κ3) is 3.69. The highest BCUT2D eigenvalue weighted by Crippen LogP contribution is 2.37. The van der Waals surface area contributed by atoms with Crippen LogP contribution in [-0.2, 0) is 0 Å². The molecule has 0 unspecified atom stereocenters. The van der Waals surface area contributed by atoms with Crippen molar-refractivity contribution in [3.8, 4) is 22.5 Å². The van der Waals surface area contributed by atoms with Crippen molar-refractivity contribution in [1.82, 2.24) is 24.7 Å². The first kappa shape index (κ1) is 18.2. The quantitative estimate of drug-likeness (QED) is 0.544. The van der Waals surface area contributed by atoms with Crippen LogP contribution in [-0.4, -0.2) is 30.6 Å². The molecule has 0 atom stereocenters. The van der Waals surface area contributed by atoms with E-state index in [0.29, 0.717) is 17.4 Å². The minimum atomic E-state index is -0.260. The summed E-state index contributed by atoms with van der Waals surface area (Å²) in [6, 6.07) is 15.7. The lowest BCUT2D eigenvalue weighted by atomic mass is 10.1. The highest BCUT2D eigenvalue weighted by atomic mass is 16.1. The minimum absolute atomic E-state index is 0.260. The van der Waals surface area contributed by atoms with E-state index < -0.39 is 0 Å². The van der Waals surface area contributed by atoms with E-state index in [9.17, 15) is 4.79 Å². The van der Waals surface area contributed by atoms with E-state index in [1.807, 2.05) is 49.4 Å². The van der Waals surface area contributed by atoms with Crippen LogP contribution >= 0.6 is 0 Å². The fourth-order valence-corrected chi connectivity index (χ4v) is 3.49. The Labute approximate surface area is 173 Å². The van der Waals surface area contributed by atoms with E-state index in [2.05, 4.69) is 30.0 Å². The molecule has 3 aromatic heterocycles. The molecule has 0 bridgehead atoms. The number of aromatic nitrogens is 5. The van der Waals surface area contributed by atoms with E-state index in [4.69, 9.17) is 0 Å². The molecule has 7 heteroatoms. The molecule has 30 heavy (non-hydrogen) atoms. The van der Waals surface area contributed by atoms with Crippen molar-refractivity contribution in [2.75, 3.05) is 5.32 Å². The summed E-state index contributed by atoms with van der Waals surface area (Å²) < 4.78 is 2.10. The molecule has 0 aliphatic heterocycles. The Kier molecular flexibility index (Phi) is 4.55. The SMILES string of the molecule is Cc1cc(-c2cccnc2)cc(C(=O)Nc2cccc(-c3nncn3C3CC3)c2)n1. The molecule has 1 aliphatic rings. The van der Waals surface area contributed by atoms with Crippen LogP contribution in [0.1, 0.15) is 35.1 Å². The Morgan fingerprint density at radius 2 is 1.93 bits per heavy atom. The number of rotatable bonds is 5. The molecule has 1 fully saturated rings. The van der Waals surface area contributed by atoms with Crippen molar-refractivity contribution in [3.63, 3.8) is 0 Å². The first-order valence-electron chi connectivity index (χ1n) is 9.88. The highest BCUT2D eigenvalue weighted by molar-refractivity contribution is 6.03. The summed E-state index contributed by atoms with van der Waals surface area (Å²) in [4.78, 5) is 21.5. The number of hydrogen-bond acceptors (Lipinski definition) is 5. The molecule has 0 spiro atoms. The molecule has 1 aromatic carbocycles. The zero-order chi connectivity index (χ0) is 20.5. The Bertz CT molecular complexity index is 1210. The maximum Gasteiger partial charge on any atom is 0.274 e. The number of pyridine rings is 2. The molecule has 3 heterocycles. The highest BCUT2D eigenvalue weighted by Gasteiger charge is 2.26. The van der Waals surface area contributed by atoms with Gasteiger partial charge in [0.2, 0.25) is 0 Å². The standard InChI is InChI=1S/C23H20N6O/c1-15-10-18(17-5-3-9-24-13-17)12-21(26-15)23(30)27-19-6-2-4-16(11-19)22-28-25-14-29(22)20-7-8-20/h2-6,9-14,20H,7-8H2,1H3,(H,27,30). The zero-order valence-electron chi connectivity index (χ0n) is 16.5. The first-order chi connectivity index (χ1) is 14.7. The van der Waals surface area contributed by atoms with Gasteiger partial charge in [0.05, 0.1) is 0 Å². The molecule has 1 saturated carbocycles. The van der Waals surface area contributed by atoms with Crippen LogP contribution in [0.5, 0.6) is 0 Å². The van der Waals surface area contributed by atoms with Gasteiger partial charge < -0.3 is 9.88 Å². The molecule has 0 saturated heterocycles. The third-order valence-electron chi connectivity index (χ3n) is 5.07. The number of amides is 1. The second-order valence-electron chi connectivity index (χ2n) is 7.45. The summed E-state index contributed by atoms with van der Waals surface area (Å²) in [6.45, 7) is 1.88. The van der Waals surface area contributed by atoms with Gasteiger partial charge in [-0.2, -0.15) is 0 Å². The molecule has 1 amide bonds. The predicted molar refractivity (Wildman–Crippen MR) is 114 cm³/mol. The third-order valence-corrected chi connectivity index (χ3v) is 5.07. The van der Waals surface area contributed by atoms with Crippen LogP contribution in [0.4, 0.5) is 5.69 Å². The second kappa shape index (κ2) is 7.51. The van der Waals surface area contributed by atoms with E-state index in [0.717, 1.165) is 41.1 Å². The average Bonchev–Trinajstić information content (AvgIpc) is 3.50. The van der Waals surface area contributed by atoms with E-state index in [1.165, 1.54) is 0 Å².